The van der Waals surface area contributed by atoms with Gasteiger partial charge in [-0.15, -0.1) is 0 Å². The summed E-state index contributed by atoms with van der Waals surface area (Å²) < 4.78 is 20.7. The van der Waals surface area contributed by atoms with Crippen LogP contribution in [0.4, 0.5) is 10.1 Å². The number of hydrogen-bond donors (Lipinski definition) is 1. The molecule has 0 saturated carbocycles. The molecule has 3 aromatic rings. The highest BCUT2D eigenvalue weighted by molar-refractivity contribution is 7.07. The maximum absolute atomic E-state index is 13.7. The van der Waals surface area contributed by atoms with Gasteiger partial charge in [-0.3, -0.25) is 14.4 Å². The molecule has 2 aromatic carbocycles. The number of ketones is 1. The fourth-order valence-electron chi connectivity index (χ4n) is 2.83. The van der Waals surface area contributed by atoms with E-state index in [9.17, 15) is 18.8 Å². The van der Waals surface area contributed by atoms with Crippen LogP contribution in [0, 0.1) is 5.82 Å². The molecular weight excluding hydrogens is 407 g/mol. The number of nitrogens with zero attached hydrogens (tertiary/aromatic N) is 1. The zero-order valence-electron chi connectivity index (χ0n) is 16.4. The summed E-state index contributed by atoms with van der Waals surface area (Å²) in [6.07, 6.45) is 2.34. The fraction of sp³-hybridized carbons (Fsp3) is 0.227. The number of amides is 1. The molecule has 0 saturated heterocycles. The summed E-state index contributed by atoms with van der Waals surface area (Å²) in [4.78, 5) is 35.2. The van der Waals surface area contributed by atoms with Gasteiger partial charge in [-0.2, -0.15) is 0 Å². The number of nitrogens with one attached hydrogen (secondary N) is 1. The van der Waals surface area contributed by atoms with E-state index in [1.807, 2.05) is 0 Å². The highest BCUT2D eigenvalue weighted by atomic mass is 32.1. The Labute approximate surface area is 176 Å². The number of carbonyl (C=O) groups is 2. The first-order valence-electron chi connectivity index (χ1n) is 9.38. The van der Waals surface area contributed by atoms with E-state index in [1.54, 1.807) is 35.8 Å². The van der Waals surface area contributed by atoms with Gasteiger partial charge in [-0.05, 0) is 61.4 Å². The van der Waals surface area contributed by atoms with Crippen LogP contribution < -0.4 is 14.9 Å². The van der Waals surface area contributed by atoms with Crippen molar-refractivity contribution in [1.29, 1.82) is 0 Å². The molecule has 3 rings (SSSR count). The van der Waals surface area contributed by atoms with E-state index < -0.39 is 5.82 Å². The van der Waals surface area contributed by atoms with Crippen LogP contribution in [0.1, 0.15) is 35.7 Å². The quantitative estimate of drug-likeness (QED) is 0.411. The lowest BCUT2D eigenvalue weighted by Crippen LogP contribution is -2.17. The SMILES string of the molecule is CC(=O)c1ccc(OCCCC(=O)Nc2ccc(F)cc2Cn2ccsc2=O)cc1. The summed E-state index contributed by atoms with van der Waals surface area (Å²) in [6.45, 7) is 2.02. The van der Waals surface area contributed by atoms with Crippen molar-refractivity contribution in [3.63, 3.8) is 0 Å². The van der Waals surface area contributed by atoms with Crippen LogP contribution in [0.15, 0.2) is 58.8 Å². The molecule has 8 heteroatoms. The maximum atomic E-state index is 13.7. The van der Waals surface area contributed by atoms with Crippen molar-refractivity contribution in [3.8, 4) is 5.75 Å². The second kappa shape index (κ2) is 9.98. The predicted octanol–water partition coefficient (Wildman–Crippen LogP) is 4.10. The van der Waals surface area contributed by atoms with Crippen molar-refractivity contribution in [3.05, 3.63) is 80.7 Å². The number of anilines is 1. The monoisotopic (exact) mass is 428 g/mol. The maximum Gasteiger partial charge on any atom is 0.307 e. The minimum Gasteiger partial charge on any atom is -0.494 e. The van der Waals surface area contributed by atoms with Gasteiger partial charge in [0.25, 0.3) is 0 Å². The molecule has 30 heavy (non-hydrogen) atoms. The molecule has 156 valence electrons. The molecule has 0 aliphatic heterocycles. The normalized spacial score (nSPS) is 10.6. The van der Waals surface area contributed by atoms with Crippen molar-refractivity contribution in [2.24, 2.45) is 0 Å². The number of ether oxygens (including phenoxy) is 1. The topological polar surface area (TPSA) is 77.4 Å². The number of thiazole rings is 1. The molecule has 1 N–H and O–H groups in total. The molecule has 1 aromatic heterocycles. The molecule has 0 unspecified atom stereocenters. The third kappa shape index (κ3) is 5.87. The molecule has 6 nitrogen and oxygen atoms in total. The van der Waals surface area contributed by atoms with E-state index in [4.69, 9.17) is 4.74 Å². The van der Waals surface area contributed by atoms with Gasteiger partial charge in [-0.1, -0.05) is 11.3 Å². The lowest BCUT2D eigenvalue weighted by atomic mass is 10.1. The molecule has 0 bridgehead atoms. The summed E-state index contributed by atoms with van der Waals surface area (Å²) in [7, 11) is 0. The third-order valence-electron chi connectivity index (χ3n) is 4.40. The number of benzene rings is 2. The summed E-state index contributed by atoms with van der Waals surface area (Å²) in [5.41, 5.74) is 1.60. The minimum atomic E-state index is -0.435. The van der Waals surface area contributed by atoms with E-state index in [0.717, 1.165) is 11.3 Å². The van der Waals surface area contributed by atoms with Gasteiger partial charge < -0.3 is 14.6 Å². The Morgan fingerprint density at radius 3 is 2.60 bits per heavy atom. The zero-order valence-corrected chi connectivity index (χ0v) is 17.2. The average Bonchev–Trinajstić information content (AvgIpc) is 3.12. The Balaban J connectivity index is 1.51. The molecule has 0 radical (unpaired) electrons. The Hall–Kier alpha value is -3.26. The van der Waals surface area contributed by atoms with Gasteiger partial charge in [0.05, 0.1) is 13.2 Å². The van der Waals surface area contributed by atoms with Gasteiger partial charge >= 0.3 is 4.87 Å². The lowest BCUT2D eigenvalue weighted by molar-refractivity contribution is -0.116. The van der Waals surface area contributed by atoms with Gasteiger partial charge in [-0.25, -0.2) is 4.39 Å². The van der Waals surface area contributed by atoms with Crippen LogP contribution in [-0.2, 0) is 11.3 Å². The van der Waals surface area contributed by atoms with E-state index in [2.05, 4.69) is 5.32 Å². The molecule has 0 fully saturated rings. The molecule has 0 spiro atoms. The number of halogens is 1. The van der Waals surface area contributed by atoms with Gasteiger partial charge in [0, 0.05) is 29.2 Å². The summed E-state index contributed by atoms with van der Waals surface area (Å²) in [5.74, 6) is -0.0452. The van der Waals surface area contributed by atoms with Gasteiger partial charge in [0.15, 0.2) is 5.78 Å². The fourth-order valence-corrected chi connectivity index (χ4v) is 3.41. The minimum absolute atomic E-state index is 0.0118. The van der Waals surface area contributed by atoms with Crippen molar-refractivity contribution in [1.82, 2.24) is 4.57 Å². The molecule has 0 aliphatic rings. The highest BCUT2D eigenvalue weighted by Gasteiger charge is 2.10. The molecular formula is C22H21FN2O4S. The zero-order chi connectivity index (χ0) is 21.5. The van der Waals surface area contributed by atoms with Crippen molar-refractivity contribution in [2.45, 2.75) is 26.3 Å². The first-order chi connectivity index (χ1) is 14.4. The van der Waals surface area contributed by atoms with Crippen LogP contribution >= 0.6 is 11.3 Å². The van der Waals surface area contributed by atoms with Crippen molar-refractivity contribution >= 4 is 28.7 Å². The lowest BCUT2D eigenvalue weighted by Gasteiger charge is -2.12. The molecule has 1 amide bonds. The second-order valence-electron chi connectivity index (χ2n) is 6.68. The number of carbonyl (C=O) groups excluding carboxylic acids is 2. The Bertz CT molecular complexity index is 1090. The predicted molar refractivity (Wildman–Crippen MR) is 114 cm³/mol. The molecule has 0 aliphatic carbocycles. The van der Waals surface area contributed by atoms with Crippen LogP contribution in [0.3, 0.4) is 0 Å². The average molecular weight is 428 g/mol. The Morgan fingerprint density at radius 1 is 1.17 bits per heavy atom. The second-order valence-corrected chi connectivity index (χ2v) is 7.54. The number of Topliss-reactive ketones (excluding diaryl/α,β-unsaturated/α-hetero) is 1. The largest absolute Gasteiger partial charge is 0.494 e. The Morgan fingerprint density at radius 2 is 1.93 bits per heavy atom. The van der Waals surface area contributed by atoms with Crippen LogP contribution in [0.5, 0.6) is 5.75 Å². The number of rotatable bonds is 9. The van der Waals surface area contributed by atoms with E-state index in [-0.39, 0.29) is 29.5 Å². The van der Waals surface area contributed by atoms with Crippen LogP contribution in [0.25, 0.3) is 0 Å². The number of hydrogen-bond acceptors (Lipinski definition) is 5. The van der Waals surface area contributed by atoms with Crippen molar-refractivity contribution < 1.29 is 18.7 Å². The standard InChI is InChI=1S/C22H21FN2O4S/c1-15(26)16-4-7-19(8-5-16)29-11-2-3-21(27)24-20-9-6-18(23)13-17(20)14-25-10-12-30-22(25)28/h4-10,12-13H,2-3,11,14H2,1H3,(H,24,27). The smallest absolute Gasteiger partial charge is 0.307 e. The van der Waals surface area contributed by atoms with E-state index >= 15 is 0 Å². The van der Waals surface area contributed by atoms with Crippen LogP contribution in [0.2, 0.25) is 0 Å². The van der Waals surface area contributed by atoms with Gasteiger partial charge in [0.2, 0.25) is 5.91 Å². The van der Waals surface area contributed by atoms with E-state index in [1.165, 1.54) is 29.7 Å². The van der Waals surface area contributed by atoms with Gasteiger partial charge in [0.1, 0.15) is 11.6 Å². The Kier molecular flexibility index (Phi) is 7.13. The third-order valence-corrected chi connectivity index (χ3v) is 5.10. The van der Waals surface area contributed by atoms with E-state index in [0.29, 0.717) is 35.6 Å². The number of aromatic nitrogens is 1. The molecule has 0 atom stereocenters. The summed E-state index contributed by atoms with van der Waals surface area (Å²) in [6, 6.07) is 10.9. The van der Waals surface area contributed by atoms with Crippen molar-refractivity contribution in [2.75, 3.05) is 11.9 Å². The van der Waals surface area contributed by atoms with Crippen LogP contribution in [-0.4, -0.2) is 22.9 Å². The first-order valence-corrected chi connectivity index (χ1v) is 10.3. The highest BCUT2D eigenvalue weighted by Crippen LogP contribution is 2.19. The molecule has 1 heterocycles. The summed E-state index contributed by atoms with van der Waals surface area (Å²) >= 11 is 1.06. The summed E-state index contributed by atoms with van der Waals surface area (Å²) in [5, 5.41) is 4.44. The first kappa shape index (κ1) is 21.4.